The zero-order chi connectivity index (χ0) is 17.8. The molecule has 1 atom stereocenters. The third-order valence-electron chi connectivity index (χ3n) is 4.70. The minimum atomic E-state index is -0.825. The van der Waals surface area contributed by atoms with E-state index >= 15 is 0 Å². The van der Waals surface area contributed by atoms with Gasteiger partial charge in [-0.3, -0.25) is 9.80 Å². The first-order valence-corrected chi connectivity index (χ1v) is 8.61. The summed E-state index contributed by atoms with van der Waals surface area (Å²) in [6, 6.07) is 8.16. The number of benzene rings is 1. The molecule has 2 aromatic rings. The second-order valence-corrected chi connectivity index (χ2v) is 6.63. The van der Waals surface area contributed by atoms with Gasteiger partial charge in [-0.25, -0.2) is 8.78 Å². The fourth-order valence-corrected chi connectivity index (χ4v) is 3.39. The Morgan fingerprint density at radius 2 is 1.96 bits per heavy atom. The Kier molecular flexibility index (Phi) is 5.83. The number of aliphatic hydroxyl groups excluding tert-OH is 1. The lowest BCUT2D eigenvalue weighted by atomic mass is 10.1. The summed E-state index contributed by atoms with van der Waals surface area (Å²) < 4.78 is 32.2. The predicted octanol–water partition coefficient (Wildman–Crippen LogP) is 2.94. The van der Waals surface area contributed by atoms with Gasteiger partial charge in [0.2, 0.25) is 0 Å². The maximum absolute atomic E-state index is 13.4. The molecule has 2 heterocycles. The van der Waals surface area contributed by atoms with Gasteiger partial charge < -0.3 is 9.52 Å². The molecule has 25 heavy (non-hydrogen) atoms. The molecule has 0 aliphatic carbocycles. The molecule has 6 heteroatoms. The molecular weight excluding hydrogens is 326 g/mol. The summed E-state index contributed by atoms with van der Waals surface area (Å²) >= 11 is 0. The van der Waals surface area contributed by atoms with Gasteiger partial charge in [-0.1, -0.05) is 6.07 Å². The minimum Gasteiger partial charge on any atom is -0.465 e. The largest absolute Gasteiger partial charge is 0.465 e. The zero-order valence-corrected chi connectivity index (χ0v) is 14.4. The van der Waals surface area contributed by atoms with E-state index in [1.54, 1.807) is 6.07 Å². The van der Waals surface area contributed by atoms with Crippen LogP contribution in [0.2, 0.25) is 0 Å². The van der Waals surface area contributed by atoms with Crippen LogP contribution in [0.1, 0.15) is 23.5 Å². The molecule has 1 aromatic carbocycles. The Labute approximate surface area is 146 Å². The minimum absolute atomic E-state index is 0.104. The molecule has 1 N–H and O–H groups in total. The lowest BCUT2D eigenvalue weighted by Gasteiger charge is -2.41. The van der Waals surface area contributed by atoms with Gasteiger partial charge >= 0.3 is 0 Å². The van der Waals surface area contributed by atoms with Gasteiger partial charge in [0.25, 0.3) is 0 Å². The van der Waals surface area contributed by atoms with E-state index in [9.17, 15) is 13.9 Å². The Hall–Kier alpha value is -1.76. The number of rotatable bonds is 6. The van der Waals surface area contributed by atoms with Gasteiger partial charge in [-0.15, -0.1) is 0 Å². The SMILES string of the molecule is Cc1ccc(CN2CCN(Cc3ccc(F)c(F)c3)C(CCO)C2)o1. The highest BCUT2D eigenvalue weighted by molar-refractivity contribution is 5.18. The number of piperazine rings is 1. The Balaban J connectivity index is 1.63. The second-order valence-electron chi connectivity index (χ2n) is 6.63. The van der Waals surface area contributed by atoms with Crippen LogP contribution >= 0.6 is 0 Å². The monoisotopic (exact) mass is 350 g/mol. The molecule has 4 nitrogen and oxygen atoms in total. The van der Waals surface area contributed by atoms with Gasteiger partial charge in [0.05, 0.1) is 6.54 Å². The quantitative estimate of drug-likeness (QED) is 0.870. The molecule has 136 valence electrons. The van der Waals surface area contributed by atoms with E-state index in [2.05, 4.69) is 9.80 Å². The van der Waals surface area contributed by atoms with E-state index < -0.39 is 11.6 Å². The number of hydrogen-bond acceptors (Lipinski definition) is 4. The molecule has 3 rings (SSSR count). The van der Waals surface area contributed by atoms with E-state index in [1.807, 2.05) is 19.1 Å². The van der Waals surface area contributed by atoms with Crippen molar-refractivity contribution >= 4 is 0 Å². The van der Waals surface area contributed by atoms with E-state index in [1.165, 1.54) is 12.1 Å². The third-order valence-corrected chi connectivity index (χ3v) is 4.70. The number of aliphatic hydroxyl groups is 1. The van der Waals surface area contributed by atoms with Crippen molar-refractivity contribution in [3.05, 3.63) is 59.1 Å². The Bertz CT molecular complexity index is 704. The van der Waals surface area contributed by atoms with Gasteiger partial charge in [0, 0.05) is 38.8 Å². The van der Waals surface area contributed by atoms with Crippen LogP contribution in [0.15, 0.2) is 34.7 Å². The van der Waals surface area contributed by atoms with E-state index in [-0.39, 0.29) is 12.6 Å². The normalized spacial score (nSPS) is 19.4. The maximum atomic E-state index is 13.4. The van der Waals surface area contributed by atoms with E-state index in [4.69, 9.17) is 4.42 Å². The van der Waals surface area contributed by atoms with Crippen molar-refractivity contribution < 1.29 is 18.3 Å². The maximum Gasteiger partial charge on any atom is 0.159 e. The van der Waals surface area contributed by atoms with Crippen LogP contribution in [-0.2, 0) is 13.1 Å². The highest BCUT2D eigenvalue weighted by Crippen LogP contribution is 2.20. The van der Waals surface area contributed by atoms with Crippen LogP contribution in [0.4, 0.5) is 8.78 Å². The van der Waals surface area contributed by atoms with Gasteiger partial charge in [0.1, 0.15) is 11.5 Å². The third kappa shape index (κ3) is 4.66. The summed E-state index contributed by atoms with van der Waals surface area (Å²) in [5, 5.41) is 9.39. The van der Waals surface area contributed by atoms with Gasteiger partial charge in [-0.05, 0) is 43.2 Å². The molecule has 0 amide bonds. The van der Waals surface area contributed by atoms with Crippen molar-refractivity contribution in [2.45, 2.75) is 32.5 Å². The van der Waals surface area contributed by atoms with Crippen molar-refractivity contribution in [3.63, 3.8) is 0 Å². The molecular formula is C19H24F2N2O2. The molecule has 1 saturated heterocycles. The molecule has 1 fully saturated rings. The first kappa shape index (κ1) is 18.0. The van der Waals surface area contributed by atoms with Crippen molar-refractivity contribution in [2.75, 3.05) is 26.2 Å². The summed E-state index contributed by atoms with van der Waals surface area (Å²) in [5.74, 6) is 0.199. The van der Waals surface area contributed by atoms with Crippen molar-refractivity contribution in [3.8, 4) is 0 Å². The number of hydrogen-bond donors (Lipinski definition) is 1. The second kappa shape index (κ2) is 8.08. The molecule has 1 aliphatic rings. The smallest absolute Gasteiger partial charge is 0.159 e. The fraction of sp³-hybridized carbons (Fsp3) is 0.474. The van der Waals surface area contributed by atoms with Crippen LogP contribution < -0.4 is 0 Å². The Morgan fingerprint density at radius 1 is 1.12 bits per heavy atom. The highest BCUT2D eigenvalue weighted by atomic mass is 19.2. The highest BCUT2D eigenvalue weighted by Gasteiger charge is 2.27. The van der Waals surface area contributed by atoms with Crippen molar-refractivity contribution in [1.82, 2.24) is 9.80 Å². The molecule has 1 aromatic heterocycles. The first-order valence-electron chi connectivity index (χ1n) is 8.61. The first-order chi connectivity index (χ1) is 12.0. The summed E-state index contributed by atoms with van der Waals surface area (Å²) in [7, 11) is 0. The van der Waals surface area contributed by atoms with Crippen molar-refractivity contribution in [1.29, 1.82) is 0 Å². The van der Waals surface area contributed by atoms with Gasteiger partial charge in [-0.2, -0.15) is 0 Å². The van der Waals surface area contributed by atoms with Crippen LogP contribution in [0, 0.1) is 18.6 Å². The molecule has 0 bridgehead atoms. The predicted molar refractivity (Wildman–Crippen MR) is 91.0 cm³/mol. The average molecular weight is 350 g/mol. The van der Waals surface area contributed by atoms with E-state index in [0.29, 0.717) is 13.0 Å². The summed E-state index contributed by atoms with van der Waals surface area (Å²) in [5.41, 5.74) is 0.747. The number of nitrogens with zero attached hydrogens (tertiary/aromatic N) is 2. The lowest BCUT2D eigenvalue weighted by Crippen LogP contribution is -2.52. The number of furan rings is 1. The average Bonchev–Trinajstić information content (AvgIpc) is 2.98. The van der Waals surface area contributed by atoms with Crippen LogP contribution in [0.5, 0.6) is 0 Å². The zero-order valence-electron chi connectivity index (χ0n) is 14.4. The number of aryl methyl sites for hydroxylation is 1. The standard InChI is InChI=1S/C19H24F2N2O2/c1-14-2-4-17(25-14)13-22-7-8-23(16(12-22)6-9-24)11-15-3-5-18(20)19(21)10-15/h2-5,10,16,24H,6-9,11-13H2,1H3. The summed E-state index contributed by atoms with van der Waals surface area (Å²) in [6.45, 7) is 5.81. The molecule has 1 unspecified atom stereocenters. The van der Waals surface area contributed by atoms with Gasteiger partial charge in [0.15, 0.2) is 11.6 Å². The topological polar surface area (TPSA) is 39.9 Å². The van der Waals surface area contributed by atoms with Crippen LogP contribution in [0.25, 0.3) is 0 Å². The van der Waals surface area contributed by atoms with Crippen LogP contribution in [0.3, 0.4) is 0 Å². The lowest BCUT2D eigenvalue weighted by molar-refractivity contribution is 0.0466. The summed E-state index contributed by atoms with van der Waals surface area (Å²) in [6.07, 6.45) is 0.650. The van der Waals surface area contributed by atoms with Crippen LogP contribution in [-0.4, -0.2) is 47.2 Å². The van der Waals surface area contributed by atoms with E-state index in [0.717, 1.165) is 43.3 Å². The molecule has 1 aliphatic heterocycles. The fourth-order valence-electron chi connectivity index (χ4n) is 3.39. The molecule has 0 saturated carbocycles. The van der Waals surface area contributed by atoms with Crippen molar-refractivity contribution in [2.24, 2.45) is 0 Å². The molecule has 0 radical (unpaired) electrons. The molecule has 0 spiro atoms. The Morgan fingerprint density at radius 3 is 2.64 bits per heavy atom. The number of halogens is 2. The summed E-state index contributed by atoms with van der Waals surface area (Å²) in [4.78, 5) is 4.53.